The van der Waals surface area contributed by atoms with Gasteiger partial charge in [0.05, 0.1) is 17.3 Å². The maximum Gasteiger partial charge on any atom is 0.416 e. The second-order valence-corrected chi connectivity index (χ2v) is 8.99. The van der Waals surface area contributed by atoms with Gasteiger partial charge in [-0.05, 0) is 43.4 Å². The number of thiophene rings is 1. The Kier molecular flexibility index (Phi) is 6.16. The number of aromatic nitrogens is 2. The fourth-order valence-corrected chi connectivity index (χ4v) is 5.24. The molecule has 0 saturated heterocycles. The molecule has 1 aliphatic carbocycles. The van der Waals surface area contributed by atoms with Crippen LogP contribution in [0.25, 0.3) is 10.2 Å². The van der Waals surface area contributed by atoms with Crippen molar-refractivity contribution >= 4 is 21.6 Å². The van der Waals surface area contributed by atoms with Crippen molar-refractivity contribution in [3.8, 4) is 0 Å². The van der Waals surface area contributed by atoms with Gasteiger partial charge in [-0.3, -0.25) is 9.36 Å². The Morgan fingerprint density at radius 2 is 2.13 bits per heavy atom. The van der Waals surface area contributed by atoms with E-state index in [0.717, 1.165) is 47.0 Å². The summed E-state index contributed by atoms with van der Waals surface area (Å²) >= 11 is 1.52. The summed E-state index contributed by atoms with van der Waals surface area (Å²) in [5.41, 5.74) is 0.283. The molecule has 0 fully saturated rings. The Bertz CT molecular complexity index is 1150. The molecule has 1 atom stereocenters. The monoisotopic (exact) mass is 453 g/mol. The van der Waals surface area contributed by atoms with E-state index >= 15 is 0 Å². The van der Waals surface area contributed by atoms with Crippen LogP contribution in [0, 0.1) is 5.82 Å². The van der Waals surface area contributed by atoms with Crippen molar-refractivity contribution in [3.05, 3.63) is 62.3 Å². The highest BCUT2D eigenvalue weighted by atomic mass is 32.1. The lowest BCUT2D eigenvalue weighted by Gasteiger charge is -2.23. The van der Waals surface area contributed by atoms with Crippen molar-refractivity contribution in [2.24, 2.45) is 0 Å². The SMILES string of the molecule is CCCCn1cnc2sc3c(c2c1=O)CCC(NCc1ccc(C(F)(F)F)cc1F)C3. The summed E-state index contributed by atoms with van der Waals surface area (Å²) in [6.45, 7) is 2.88. The van der Waals surface area contributed by atoms with E-state index in [2.05, 4.69) is 17.2 Å². The van der Waals surface area contributed by atoms with Gasteiger partial charge in [0, 0.05) is 29.6 Å². The number of halogens is 4. The van der Waals surface area contributed by atoms with E-state index in [9.17, 15) is 22.4 Å². The Morgan fingerprint density at radius 1 is 1.32 bits per heavy atom. The first kappa shape index (κ1) is 22.0. The molecule has 4 rings (SSSR count). The molecular weight excluding hydrogens is 430 g/mol. The summed E-state index contributed by atoms with van der Waals surface area (Å²) in [6.07, 6.45) is 1.15. The summed E-state index contributed by atoms with van der Waals surface area (Å²) in [6, 6.07) is 2.68. The van der Waals surface area contributed by atoms with E-state index < -0.39 is 17.6 Å². The van der Waals surface area contributed by atoms with Crippen LogP contribution in [0.4, 0.5) is 17.6 Å². The van der Waals surface area contributed by atoms with Crippen molar-refractivity contribution < 1.29 is 17.6 Å². The number of hydrogen-bond donors (Lipinski definition) is 1. The molecule has 9 heteroatoms. The number of aryl methyl sites for hydroxylation is 2. The van der Waals surface area contributed by atoms with Crippen LogP contribution >= 0.6 is 11.3 Å². The lowest BCUT2D eigenvalue weighted by atomic mass is 9.93. The van der Waals surface area contributed by atoms with Gasteiger partial charge < -0.3 is 5.32 Å². The predicted molar refractivity (Wildman–Crippen MR) is 113 cm³/mol. The van der Waals surface area contributed by atoms with Crippen LogP contribution in [0.5, 0.6) is 0 Å². The summed E-state index contributed by atoms with van der Waals surface area (Å²) in [5, 5.41) is 3.97. The first-order chi connectivity index (χ1) is 14.8. The lowest BCUT2D eigenvalue weighted by molar-refractivity contribution is -0.137. The molecule has 1 N–H and O–H groups in total. The molecule has 166 valence electrons. The van der Waals surface area contributed by atoms with E-state index in [0.29, 0.717) is 24.4 Å². The van der Waals surface area contributed by atoms with Crippen LogP contribution in [-0.4, -0.2) is 15.6 Å². The number of rotatable bonds is 6. The third-order valence-corrected chi connectivity index (χ3v) is 6.91. The predicted octanol–water partition coefficient (Wildman–Crippen LogP) is 5.06. The topological polar surface area (TPSA) is 46.9 Å². The highest BCUT2D eigenvalue weighted by Crippen LogP contribution is 2.34. The van der Waals surface area contributed by atoms with Gasteiger partial charge in [0.1, 0.15) is 10.6 Å². The van der Waals surface area contributed by atoms with Gasteiger partial charge in [0.25, 0.3) is 5.56 Å². The fourth-order valence-electron chi connectivity index (χ4n) is 3.98. The van der Waals surface area contributed by atoms with E-state index in [-0.39, 0.29) is 23.7 Å². The third-order valence-electron chi connectivity index (χ3n) is 5.75. The van der Waals surface area contributed by atoms with Crippen molar-refractivity contribution in [1.29, 1.82) is 0 Å². The number of unbranched alkanes of at least 4 members (excludes halogenated alkanes) is 1. The number of nitrogens with one attached hydrogen (secondary N) is 1. The van der Waals surface area contributed by atoms with Gasteiger partial charge in [-0.25, -0.2) is 9.37 Å². The van der Waals surface area contributed by atoms with E-state index in [1.165, 1.54) is 17.4 Å². The zero-order chi connectivity index (χ0) is 22.2. The maximum atomic E-state index is 14.1. The first-order valence-corrected chi connectivity index (χ1v) is 11.2. The quantitative estimate of drug-likeness (QED) is 0.531. The van der Waals surface area contributed by atoms with Crippen LogP contribution in [0.3, 0.4) is 0 Å². The van der Waals surface area contributed by atoms with Crippen molar-refractivity contribution in [1.82, 2.24) is 14.9 Å². The lowest BCUT2D eigenvalue weighted by Crippen LogP contribution is -2.34. The van der Waals surface area contributed by atoms with Crippen LogP contribution in [0.15, 0.2) is 29.3 Å². The molecule has 0 amide bonds. The molecule has 0 saturated carbocycles. The van der Waals surface area contributed by atoms with E-state index in [1.54, 1.807) is 10.9 Å². The molecule has 3 aromatic rings. The number of fused-ring (bicyclic) bond motifs is 3. The Hall–Kier alpha value is -2.26. The molecule has 0 aliphatic heterocycles. The molecule has 4 nitrogen and oxygen atoms in total. The molecule has 0 bridgehead atoms. The smallest absolute Gasteiger partial charge is 0.309 e. The van der Waals surface area contributed by atoms with Gasteiger partial charge >= 0.3 is 6.18 Å². The summed E-state index contributed by atoms with van der Waals surface area (Å²) in [7, 11) is 0. The zero-order valence-electron chi connectivity index (χ0n) is 17.1. The molecule has 2 aromatic heterocycles. The van der Waals surface area contributed by atoms with Crippen LogP contribution in [0.1, 0.15) is 47.8 Å². The highest BCUT2D eigenvalue weighted by Gasteiger charge is 2.31. The average Bonchev–Trinajstić information content (AvgIpc) is 3.10. The van der Waals surface area contributed by atoms with Crippen molar-refractivity contribution in [2.75, 3.05) is 0 Å². The third kappa shape index (κ3) is 4.52. The summed E-state index contributed by atoms with van der Waals surface area (Å²) in [4.78, 5) is 19.2. The van der Waals surface area contributed by atoms with Crippen molar-refractivity contribution in [3.63, 3.8) is 0 Å². The summed E-state index contributed by atoms with van der Waals surface area (Å²) in [5.74, 6) is -0.863. The molecule has 0 spiro atoms. The largest absolute Gasteiger partial charge is 0.416 e. The molecule has 1 aliphatic rings. The van der Waals surface area contributed by atoms with Crippen LogP contribution in [-0.2, 0) is 32.1 Å². The van der Waals surface area contributed by atoms with Gasteiger partial charge in [0.15, 0.2) is 0 Å². The molecule has 1 aromatic carbocycles. The minimum atomic E-state index is -4.56. The first-order valence-electron chi connectivity index (χ1n) is 10.4. The second kappa shape index (κ2) is 8.70. The fraction of sp³-hybridized carbons (Fsp3) is 0.455. The Morgan fingerprint density at radius 3 is 2.84 bits per heavy atom. The minimum Gasteiger partial charge on any atom is -0.309 e. The van der Waals surface area contributed by atoms with Crippen LogP contribution < -0.4 is 10.9 Å². The molecule has 31 heavy (non-hydrogen) atoms. The minimum absolute atomic E-state index is 0.00850. The molecular formula is C22H23F4N3OS. The van der Waals surface area contributed by atoms with Gasteiger partial charge in [-0.1, -0.05) is 19.4 Å². The Labute approximate surface area is 180 Å². The Balaban J connectivity index is 1.48. The van der Waals surface area contributed by atoms with Gasteiger partial charge in [0.2, 0.25) is 0 Å². The van der Waals surface area contributed by atoms with E-state index in [1.807, 2.05) is 0 Å². The van der Waals surface area contributed by atoms with Gasteiger partial charge in [-0.15, -0.1) is 11.3 Å². The van der Waals surface area contributed by atoms with E-state index in [4.69, 9.17) is 0 Å². The normalized spacial score (nSPS) is 16.6. The molecule has 0 radical (unpaired) electrons. The second-order valence-electron chi connectivity index (χ2n) is 7.91. The summed E-state index contributed by atoms with van der Waals surface area (Å²) < 4.78 is 53.9. The standard InChI is InChI=1S/C22H23F4N3OS/c1-2-3-8-29-12-28-20-19(21(29)30)16-7-6-15(10-18(16)31-20)27-11-13-4-5-14(9-17(13)23)22(24,25)26/h4-5,9,12,15,27H,2-3,6-8,10-11H2,1H3. The highest BCUT2D eigenvalue weighted by molar-refractivity contribution is 7.18. The number of hydrogen-bond acceptors (Lipinski definition) is 4. The molecule has 2 heterocycles. The average molecular weight is 454 g/mol. The zero-order valence-corrected chi connectivity index (χ0v) is 17.9. The number of benzene rings is 1. The van der Waals surface area contributed by atoms with Crippen LogP contribution in [0.2, 0.25) is 0 Å². The molecule has 1 unspecified atom stereocenters. The number of alkyl halides is 3. The van der Waals surface area contributed by atoms with Gasteiger partial charge in [-0.2, -0.15) is 13.2 Å². The van der Waals surface area contributed by atoms with Crippen molar-refractivity contribution in [2.45, 2.75) is 64.3 Å². The maximum absolute atomic E-state index is 14.1. The number of nitrogens with zero attached hydrogens (tertiary/aromatic N) is 2.